The molecule has 1 amide bonds. The molecule has 5 rings (SSSR count). The van der Waals surface area contributed by atoms with Gasteiger partial charge in [-0.25, -0.2) is 4.39 Å². The van der Waals surface area contributed by atoms with Crippen LogP contribution in [-0.4, -0.2) is 55.9 Å². The molecule has 1 fully saturated rings. The Bertz CT molecular complexity index is 1660. The van der Waals surface area contributed by atoms with Crippen LogP contribution in [0.5, 0.6) is 0 Å². The molecule has 0 radical (unpaired) electrons. The zero-order valence-electron chi connectivity index (χ0n) is 21.7. The molecule has 2 aromatic heterocycles. The number of aromatic nitrogens is 3. The van der Waals surface area contributed by atoms with Gasteiger partial charge >= 0.3 is 6.18 Å². The molecular formula is C29H23ClF4N4O3. The topological polar surface area (TPSA) is 85.2 Å². The summed E-state index contributed by atoms with van der Waals surface area (Å²) in [6.07, 6.45) is -2.64. The van der Waals surface area contributed by atoms with Crippen LogP contribution in [0.15, 0.2) is 61.1 Å². The van der Waals surface area contributed by atoms with Crippen LogP contribution in [0, 0.1) is 0 Å². The highest BCUT2D eigenvalue weighted by Gasteiger charge is 2.41. The van der Waals surface area contributed by atoms with E-state index in [0.717, 1.165) is 28.2 Å². The average molecular weight is 587 g/mol. The standard InChI is InChI=1S/C29H23ClF4N4O3/c1-16(39)22-14-37(24-6-5-17(9-21(22)24)19-7-8-35-36-12-19)15-27(41)38-13-20(31)11-25(38)26(40)10-18-3-2-4-23(30)28(18)29(32,33)34/h2-9,12,14,20,25H,10-11,13,15H2,1H3/t20-,25+/m1/s1. The van der Waals surface area contributed by atoms with E-state index in [0.29, 0.717) is 16.5 Å². The molecule has 0 saturated carbocycles. The molecule has 1 saturated heterocycles. The van der Waals surface area contributed by atoms with Crippen LogP contribution in [0.25, 0.3) is 22.0 Å². The van der Waals surface area contributed by atoms with E-state index in [-0.39, 0.29) is 30.9 Å². The van der Waals surface area contributed by atoms with Crippen molar-refractivity contribution in [1.29, 1.82) is 0 Å². The Balaban J connectivity index is 1.41. The van der Waals surface area contributed by atoms with Crippen molar-refractivity contribution in [3.8, 4) is 11.1 Å². The van der Waals surface area contributed by atoms with Gasteiger partial charge in [-0.15, -0.1) is 0 Å². The lowest BCUT2D eigenvalue weighted by Gasteiger charge is -2.24. The minimum Gasteiger partial charge on any atom is -0.337 e. The fraction of sp³-hybridized carbons (Fsp3) is 0.276. The van der Waals surface area contributed by atoms with Crippen molar-refractivity contribution in [3.63, 3.8) is 0 Å². The van der Waals surface area contributed by atoms with E-state index in [9.17, 15) is 31.9 Å². The van der Waals surface area contributed by atoms with Crippen LogP contribution in [0.3, 0.4) is 0 Å². The molecule has 4 aromatic rings. The maximum absolute atomic E-state index is 14.5. The molecule has 1 aliphatic heterocycles. The van der Waals surface area contributed by atoms with Gasteiger partial charge in [-0.1, -0.05) is 29.8 Å². The van der Waals surface area contributed by atoms with Crippen LogP contribution < -0.4 is 0 Å². The van der Waals surface area contributed by atoms with Crippen LogP contribution in [0.4, 0.5) is 17.6 Å². The summed E-state index contributed by atoms with van der Waals surface area (Å²) in [5.74, 6) is -1.55. The van der Waals surface area contributed by atoms with E-state index in [1.54, 1.807) is 35.0 Å². The fourth-order valence-electron chi connectivity index (χ4n) is 5.29. The Morgan fingerprint density at radius 3 is 2.54 bits per heavy atom. The summed E-state index contributed by atoms with van der Waals surface area (Å²) >= 11 is 5.78. The Kier molecular flexibility index (Phi) is 7.65. The highest BCUT2D eigenvalue weighted by Crippen LogP contribution is 2.38. The molecule has 0 aliphatic carbocycles. The third kappa shape index (κ3) is 5.72. The number of rotatable bonds is 7. The van der Waals surface area contributed by atoms with Gasteiger partial charge < -0.3 is 9.47 Å². The number of halogens is 5. The SMILES string of the molecule is CC(=O)c1cn(CC(=O)N2C[C@H](F)C[C@H]2C(=O)Cc2cccc(Cl)c2C(F)(F)F)c2ccc(-c3ccnnc3)cc12. The van der Waals surface area contributed by atoms with Crippen molar-refractivity contribution in [2.45, 2.75) is 44.7 Å². The largest absolute Gasteiger partial charge is 0.418 e. The third-order valence-corrected chi connectivity index (χ3v) is 7.49. The molecule has 0 unspecified atom stereocenters. The van der Waals surface area contributed by atoms with Crippen LogP contribution in [-0.2, 0) is 28.7 Å². The van der Waals surface area contributed by atoms with E-state index in [4.69, 9.17) is 11.6 Å². The predicted octanol–water partition coefficient (Wildman–Crippen LogP) is 5.72. The van der Waals surface area contributed by atoms with E-state index in [1.165, 1.54) is 25.4 Å². The maximum atomic E-state index is 14.5. The molecule has 0 spiro atoms. The van der Waals surface area contributed by atoms with Gasteiger partial charge in [0.2, 0.25) is 5.91 Å². The van der Waals surface area contributed by atoms with Crippen molar-refractivity contribution in [1.82, 2.24) is 19.7 Å². The molecule has 12 heteroatoms. The number of alkyl halides is 4. The molecule has 0 N–H and O–H groups in total. The second kappa shape index (κ2) is 11.0. The smallest absolute Gasteiger partial charge is 0.337 e. The second-order valence-electron chi connectivity index (χ2n) is 9.90. The minimum atomic E-state index is -4.79. The summed E-state index contributed by atoms with van der Waals surface area (Å²) in [5, 5.41) is 7.68. The first-order valence-corrected chi connectivity index (χ1v) is 13.0. The lowest BCUT2D eigenvalue weighted by molar-refractivity contribution is -0.140. The van der Waals surface area contributed by atoms with Gasteiger partial charge in [0.05, 0.1) is 35.6 Å². The van der Waals surface area contributed by atoms with Crippen LogP contribution in [0.1, 0.15) is 34.8 Å². The van der Waals surface area contributed by atoms with Gasteiger partial charge in [-0.2, -0.15) is 23.4 Å². The van der Waals surface area contributed by atoms with Gasteiger partial charge in [0.25, 0.3) is 0 Å². The zero-order chi connectivity index (χ0) is 29.5. The Morgan fingerprint density at radius 2 is 1.85 bits per heavy atom. The number of carbonyl (C=O) groups is 3. The highest BCUT2D eigenvalue weighted by molar-refractivity contribution is 6.31. The van der Waals surface area contributed by atoms with Crippen molar-refractivity contribution in [3.05, 3.63) is 82.8 Å². The number of hydrogen-bond donors (Lipinski definition) is 0. The number of carbonyl (C=O) groups excluding carboxylic acids is 3. The van der Waals surface area contributed by atoms with E-state index in [2.05, 4.69) is 10.2 Å². The molecule has 2 aromatic carbocycles. The molecule has 1 aliphatic rings. The first-order valence-electron chi connectivity index (χ1n) is 12.7. The van der Waals surface area contributed by atoms with Crippen molar-refractivity contribution in [2.24, 2.45) is 0 Å². The van der Waals surface area contributed by atoms with Crippen LogP contribution >= 0.6 is 11.6 Å². The van der Waals surface area contributed by atoms with Crippen molar-refractivity contribution < 1.29 is 31.9 Å². The summed E-state index contributed by atoms with van der Waals surface area (Å²) in [7, 11) is 0. The van der Waals surface area contributed by atoms with Crippen molar-refractivity contribution in [2.75, 3.05) is 6.54 Å². The van der Waals surface area contributed by atoms with Gasteiger partial charge in [-0.3, -0.25) is 14.4 Å². The first kappa shape index (κ1) is 28.4. The summed E-state index contributed by atoms with van der Waals surface area (Å²) < 4.78 is 56.9. The average Bonchev–Trinajstić information content (AvgIpc) is 3.49. The summed E-state index contributed by atoms with van der Waals surface area (Å²) in [4.78, 5) is 40.1. The number of benzene rings is 2. The Hall–Kier alpha value is -4.12. The van der Waals surface area contributed by atoms with E-state index in [1.807, 2.05) is 0 Å². The number of fused-ring (bicyclic) bond motifs is 1. The molecule has 0 bridgehead atoms. The molecule has 7 nitrogen and oxygen atoms in total. The summed E-state index contributed by atoms with van der Waals surface area (Å²) in [5.41, 5.74) is 1.04. The second-order valence-corrected chi connectivity index (χ2v) is 10.3. The van der Waals surface area contributed by atoms with Gasteiger partial charge in [0.15, 0.2) is 11.6 Å². The number of hydrogen-bond acceptors (Lipinski definition) is 5. The predicted molar refractivity (Wildman–Crippen MR) is 143 cm³/mol. The first-order chi connectivity index (χ1) is 19.4. The van der Waals surface area contributed by atoms with Gasteiger partial charge in [-0.05, 0) is 42.3 Å². The normalized spacial score (nSPS) is 17.3. The monoisotopic (exact) mass is 586 g/mol. The quantitative estimate of drug-likeness (QED) is 0.204. The summed E-state index contributed by atoms with van der Waals surface area (Å²) in [6, 6.07) is 9.39. The lowest BCUT2D eigenvalue weighted by atomic mass is 9.97. The number of likely N-dealkylation sites (tertiary alicyclic amines) is 1. The third-order valence-electron chi connectivity index (χ3n) is 7.17. The van der Waals surface area contributed by atoms with E-state index >= 15 is 0 Å². The fourth-order valence-corrected chi connectivity index (χ4v) is 5.59. The minimum absolute atomic E-state index is 0.230. The van der Waals surface area contributed by atoms with Gasteiger partial charge in [0, 0.05) is 41.1 Å². The molecule has 3 heterocycles. The molecule has 212 valence electrons. The number of nitrogens with zero attached hydrogens (tertiary/aromatic N) is 4. The highest BCUT2D eigenvalue weighted by atomic mass is 35.5. The van der Waals surface area contributed by atoms with E-state index < -0.39 is 47.1 Å². The molecule has 2 atom stereocenters. The number of Topliss-reactive ketones (excluding diaryl/α,β-unsaturated/α-hetero) is 2. The summed E-state index contributed by atoms with van der Waals surface area (Å²) in [6.45, 7) is 0.728. The number of amides is 1. The molecular weight excluding hydrogens is 564 g/mol. The zero-order valence-corrected chi connectivity index (χ0v) is 22.4. The lowest BCUT2D eigenvalue weighted by Crippen LogP contribution is -2.43. The number of ketones is 2. The van der Waals surface area contributed by atoms with Crippen molar-refractivity contribution >= 4 is 40.0 Å². The van der Waals surface area contributed by atoms with Gasteiger partial charge in [0.1, 0.15) is 12.7 Å². The Morgan fingerprint density at radius 1 is 1.07 bits per heavy atom. The molecule has 41 heavy (non-hydrogen) atoms. The maximum Gasteiger partial charge on any atom is 0.418 e. The van der Waals surface area contributed by atoms with Crippen LogP contribution in [0.2, 0.25) is 5.02 Å². The Labute approximate surface area is 236 Å².